The molecule has 1 aromatic heterocycles. The van der Waals surface area contributed by atoms with Crippen LogP contribution in [0.3, 0.4) is 0 Å². The minimum absolute atomic E-state index is 0.109. The third-order valence-corrected chi connectivity index (χ3v) is 4.28. The molecule has 1 heterocycles. The van der Waals surface area contributed by atoms with E-state index in [0.29, 0.717) is 16.4 Å². The monoisotopic (exact) mass is 393 g/mol. The highest BCUT2D eigenvalue weighted by Crippen LogP contribution is 2.26. The average Bonchev–Trinajstić information content (AvgIpc) is 2.94. The minimum Gasteiger partial charge on any atom is -0.383 e. The lowest BCUT2D eigenvalue weighted by Gasteiger charge is -2.16. The molecule has 0 radical (unpaired) electrons. The summed E-state index contributed by atoms with van der Waals surface area (Å²) in [5, 5.41) is 10.1. The molecule has 0 saturated carbocycles. The summed E-state index contributed by atoms with van der Waals surface area (Å²) in [6.45, 7) is 5.63. The van der Waals surface area contributed by atoms with Crippen molar-refractivity contribution in [3.63, 3.8) is 0 Å². The van der Waals surface area contributed by atoms with Crippen LogP contribution in [0.4, 0.5) is 11.4 Å². The van der Waals surface area contributed by atoms with Crippen LogP contribution >= 0.6 is 11.6 Å². The number of methoxy groups -OCH3 is 1. The molecule has 2 amide bonds. The van der Waals surface area contributed by atoms with Crippen LogP contribution in [0.5, 0.6) is 0 Å². The van der Waals surface area contributed by atoms with Crippen molar-refractivity contribution in [1.29, 1.82) is 0 Å². The Morgan fingerprint density at radius 1 is 1.26 bits per heavy atom. The summed E-state index contributed by atoms with van der Waals surface area (Å²) in [5.41, 5.74) is 8.33. The number of hydrogen-bond acceptors (Lipinski definition) is 5. The Morgan fingerprint density at radius 3 is 2.52 bits per heavy atom. The number of halogens is 1. The van der Waals surface area contributed by atoms with Gasteiger partial charge in [0, 0.05) is 18.5 Å². The molecule has 0 aliphatic heterocycles. The Kier molecular flexibility index (Phi) is 6.95. The highest BCUT2D eigenvalue weighted by Gasteiger charge is 2.19. The predicted octanol–water partition coefficient (Wildman–Crippen LogP) is 2.27. The number of anilines is 2. The summed E-state index contributed by atoms with van der Waals surface area (Å²) < 4.78 is 6.51. The molecule has 9 heteroatoms. The average molecular weight is 394 g/mol. The molecular weight excluding hydrogens is 370 g/mol. The number of carbonyl (C=O) groups excluding carboxylic acids is 2. The number of aryl methyl sites for hydroxylation is 2. The Morgan fingerprint density at radius 2 is 1.96 bits per heavy atom. The van der Waals surface area contributed by atoms with E-state index >= 15 is 0 Å². The number of rotatable bonds is 7. The number of hydrogen-bond donors (Lipinski definition) is 3. The molecule has 0 fully saturated rings. The maximum atomic E-state index is 12.5. The van der Waals surface area contributed by atoms with E-state index in [1.807, 2.05) is 19.9 Å². The molecule has 4 N–H and O–H groups in total. The van der Waals surface area contributed by atoms with Crippen LogP contribution < -0.4 is 16.4 Å². The van der Waals surface area contributed by atoms with Crippen LogP contribution in [0.15, 0.2) is 24.3 Å². The molecule has 2 unspecified atom stereocenters. The predicted molar refractivity (Wildman–Crippen MR) is 105 cm³/mol. The van der Waals surface area contributed by atoms with Crippen LogP contribution in [-0.4, -0.2) is 41.4 Å². The van der Waals surface area contributed by atoms with Crippen molar-refractivity contribution < 1.29 is 14.3 Å². The van der Waals surface area contributed by atoms with Gasteiger partial charge in [-0.15, -0.1) is 0 Å². The maximum Gasteiger partial charge on any atom is 0.248 e. The molecule has 8 nitrogen and oxygen atoms in total. The van der Waals surface area contributed by atoms with Gasteiger partial charge in [-0.1, -0.05) is 11.6 Å². The van der Waals surface area contributed by atoms with E-state index in [1.165, 1.54) is 7.11 Å². The van der Waals surface area contributed by atoms with Crippen molar-refractivity contribution >= 4 is 34.8 Å². The lowest BCUT2D eigenvalue weighted by molar-refractivity contribution is -0.119. The van der Waals surface area contributed by atoms with Gasteiger partial charge >= 0.3 is 0 Å². The van der Waals surface area contributed by atoms with Crippen molar-refractivity contribution in [2.45, 2.75) is 32.9 Å². The maximum absolute atomic E-state index is 12.5. The third kappa shape index (κ3) is 5.29. The number of nitrogens with one attached hydrogen (secondary N) is 2. The molecule has 0 aliphatic rings. The van der Waals surface area contributed by atoms with Crippen LogP contribution in [0.1, 0.15) is 24.4 Å². The number of ether oxygens (including phenoxy) is 1. The van der Waals surface area contributed by atoms with Gasteiger partial charge in [0.2, 0.25) is 11.8 Å². The van der Waals surface area contributed by atoms with Crippen molar-refractivity contribution in [1.82, 2.24) is 9.78 Å². The summed E-state index contributed by atoms with van der Waals surface area (Å²) in [5.74, 6) is -0.634. The largest absolute Gasteiger partial charge is 0.383 e. The second kappa shape index (κ2) is 8.98. The van der Waals surface area contributed by atoms with Crippen molar-refractivity contribution in [2.24, 2.45) is 5.73 Å². The smallest absolute Gasteiger partial charge is 0.248 e. The van der Waals surface area contributed by atoms with Crippen molar-refractivity contribution in [3.05, 3.63) is 40.7 Å². The van der Waals surface area contributed by atoms with E-state index in [4.69, 9.17) is 22.1 Å². The van der Waals surface area contributed by atoms with Gasteiger partial charge in [0.05, 0.1) is 23.0 Å². The molecule has 0 aliphatic carbocycles. The van der Waals surface area contributed by atoms with Gasteiger partial charge < -0.3 is 21.1 Å². The molecule has 1 aromatic carbocycles. The van der Waals surface area contributed by atoms with E-state index in [9.17, 15) is 9.59 Å². The van der Waals surface area contributed by atoms with Crippen LogP contribution in [0.2, 0.25) is 5.02 Å². The van der Waals surface area contributed by atoms with E-state index in [0.717, 1.165) is 11.4 Å². The zero-order chi connectivity index (χ0) is 20.1. The number of carbonyl (C=O) groups is 2. The number of benzene rings is 1. The van der Waals surface area contributed by atoms with E-state index in [-0.39, 0.29) is 18.4 Å². The second-order valence-electron chi connectivity index (χ2n) is 6.28. The quantitative estimate of drug-likeness (QED) is 0.668. The summed E-state index contributed by atoms with van der Waals surface area (Å²) in [6, 6.07) is 5.42. The molecular formula is C18H24ClN5O3. The highest BCUT2D eigenvalue weighted by molar-refractivity contribution is 6.34. The Balaban J connectivity index is 2.06. The molecule has 146 valence electrons. The Labute approximate surface area is 163 Å². The SMILES string of the molecule is COCC(N)C(=O)Nc1ccc(NC(=O)C(C)n2nc(C)cc2C)c(Cl)c1. The number of nitrogens with two attached hydrogens (primary N) is 1. The molecule has 2 aromatic rings. The summed E-state index contributed by atoms with van der Waals surface area (Å²) in [4.78, 5) is 24.4. The zero-order valence-corrected chi connectivity index (χ0v) is 16.5. The molecule has 2 atom stereocenters. The van der Waals surface area contributed by atoms with Crippen LogP contribution in [0.25, 0.3) is 0 Å². The standard InChI is InChI=1S/C18H24ClN5O3/c1-10-7-11(2)24(23-10)12(3)17(25)22-16-6-5-13(8-14(16)19)21-18(26)15(20)9-27-4/h5-8,12,15H,9,20H2,1-4H3,(H,21,26)(H,22,25). The first-order valence-electron chi connectivity index (χ1n) is 8.41. The van der Waals surface area contributed by atoms with Crippen molar-refractivity contribution in [2.75, 3.05) is 24.4 Å². The van der Waals surface area contributed by atoms with Gasteiger partial charge in [0.1, 0.15) is 12.1 Å². The lowest BCUT2D eigenvalue weighted by atomic mass is 10.2. The number of amides is 2. The second-order valence-corrected chi connectivity index (χ2v) is 6.69. The van der Waals surface area contributed by atoms with Crippen LogP contribution in [-0.2, 0) is 14.3 Å². The molecule has 2 rings (SSSR count). The first kappa shape index (κ1) is 20.9. The summed E-state index contributed by atoms with van der Waals surface area (Å²) in [6.07, 6.45) is 0. The van der Waals surface area contributed by atoms with Gasteiger partial charge in [0.25, 0.3) is 0 Å². The van der Waals surface area contributed by atoms with E-state index in [1.54, 1.807) is 29.8 Å². The zero-order valence-electron chi connectivity index (χ0n) is 15.7. The number of nitrogens with zero attached hydrogens (tertiary/aromatic N) is 2. The highest BCUT2D eigenvalue weighted by atomic mass is 35.5. The first-order valence-corrected chi connectivity index (χ1v) is 8.79. The van der Waals surface area contributed by atoms with E-state index < -0.39 is 12.1 Å². The van der Waals surface area contributed by atoms with Gasteiger partial charge in [-0.25, -0.2) is 0 Å². The molecule has 0 saturated heterocycles. The topological polar surface area (TPSA) is 111 Å². The van der Waals surface area contributed by atoms with Gasteiger partial charge in [-0.05, 0) is 45.0 Å². The third-order valence-electron chi connectivity index (χ3n) is 3.97. The molecule has 0 spiro atoms. The van der Waals surface area contributed by atoms with Gasteiger partial charge in [0.15, 0.2) is 0 Å². The molecule has 0 bridgehead atoms. The fraction of sp³-hybridized carbons (Fsp3) is 0.389. The van der Waals surface area contributed by atoms with E-state index in [2.05, 4.69) is 15.7 Å². The fourth-order valence-corrected chi connectivity index (χ4v) is 2.80. The Bertz CT molecular complexity index is 836. The molecule has 27 heavy (non-hydrogen) atoms. The number of aromatic nitrogens is 2. The lowest BCUT2D eigenvalue weighted by Crippen LogP contribution is -2.39. The summed E-state index contributed by atoms with van der Waals surface area (Å²) in [7, 11) is 1.47. The normalized spacial score (nSPS) is 13.1. The van der Waals surface area contributed by atoms with Crippen molar-refractivity contribution in [3.8, 4) is 0 Å². The first-order chi connectivity index (χ1) is 12.7. The van der Waals surface area contributed by atoms with Gasteiger partial charge in [-0.3, -0.25) is 14.3 Å². The Hall–Kier alpha value is -2.42. The summed E-state index contributed by atoms with van der Waals surface area (Å²) >= 11 is 6.24. The fourth-order valence-electron chi connectivity index (χ4n) is 2.57. The van der Waals surface area contributed by atoms with Gasteiger partial charge in [-0.2, -0.15) is 5.10 Å². The minimum atomic E-state index is -0.783. The van der Waals surface area contributed by atoms with Crippen LogP contribution in [0, 0.1) is 13.8 Å².